The third kappa shape index (κ3) is 5.62. The summed E-state index contributed by atoms with van der Waals surface area (Å²) in [5, 5.41) is 7.53. The van der Waals surface area contributed by atoms with Gasteiger partial charge < -0.3 is 21.3 Å². The van der Waals surface area contributed by atoms with Gasteiger partial charge in [0.1, 0.15) is 5.82 Å². The van der Waals surface area contributed by atoms with E-state index in [1.54, 1.807) is 11.5 Å². The van der Waals surface area contributed by atoms with Crippen LogP contribution in [0.5, 0.6) is 0 Å². The Bertz CT molecular complexity index is 810. The molecular weight excluding hydrogens is 420 g/mol. The SMILES string of the molecule is Cl.NC1NCCCC1C(=O)NCCCCN1CCN(c2nsc3ccccc23)CC1. The van der Waals surface area contributed by atoms with E-state index in [9.17, 15) is 4.79 Å². The molecule has 0 saturated carbocycles. The first-order valence-corrected chi connectivity index (χ1v) is 11.6. The summed E-state index contributed by atoms with van der Waals surface area (Å²) < 4.78 is 5.95. The fourth-order valence-electron chi connectivity index (χ4n) is 4.29. The largest absolute Gasteiger partial charge is 0.356 e. The molecule has 0 radical (unpaired) electrons. The van der Waals surface area contributed by atoms with E-state index in [-0.39, 0.29) is 30.4 Å². The number of carbonyl (C=O) groups is 1. The predicted octanol–water partition coefficient (Wildman–Crippen LogP) is 2.02. The quantitative estimate of drug-likeness (QED) is 0.557. The number of amides is 1. The van der Waals surface area contributed by atoms with Gasteiger partial charge in [0.25, 0.3) is 0 Å². The van der Waals surface area contributed by atoms with E-state index < -0.39 is 0 Å². The zero-order chi connectivity index (χ0) is 20.1. The molecule has 0 aliphatic carbocycles. The molecule has 1 aromatic carbocycles. The van der Waals surface area contributed by atoms with E-state index >= 15 is 0 Å². The number of benzene rings is 1. The van der Waals surface area contributed by atoms with E-state index in [1.807, 2.05) is 0 Å². The summed E-state index contributed by atoms with van der Waals surface area (Å²) in [7, 11) is 0. The summed E-state index contributed by atoms with van der Waals surface area (Å²) in [6, 6.07) is 8.48. The fourth-order valence-corrected chi connectivity index (χ4v) is 5.09. The number of hydrogen-bond acceptors (Lipinski definition) is 7. The molecule has 2 atom stereocenters. The molecule has 2 saturated heterocycles. The van der Waals surface area contributed by atoms with Crippen LogP contribution >= 0.6 is 23.9 Å². The molecule has 9 heteroatoms. The Morgan fingerprint density at radius 1 is 1.23 bits per heavy atom. The van der Waals surface area contributed by atoms with Gasteiger partial charge in [-0.25, -0.2) is 0 Å². The van der Waals surface area contributed by atoms with Crippen LogP contribution in [0.2, 0.25) is 0 Å². The Hall–Kier alpha value is -1.45. The first-order valence-electron chi connectivity index (χ1n) is 10.8. The van der Waals surface area contributed by atoms with E-state index in [0.717, 1.165) is 77.3 Å². The molecule has 2 fully saturated rings. The van der Waals surface area contributed by atoms with Crippen LogP contribution in [0.15, 0.2) is 24.3 Å². The molecule has 7 nitrogen and oxygen atoms in total. The number of halogens is 1. The van der Waals surface area contributed by atoms with Crippen molar-refractivity contribution in [2.45, 2.75) is 31.8 Å². The average molecular weight is 453 g/mol. The fraction of sp³-hybridized carbons (Fsp3) is 0.619. The summed E-state index contributed by atoms with van der Waals surface area (Å²) in [5.41, 5.74) is 6.00. The lowest BCUT2D eigenvalue weighted by Gasteiger charge is -2.35. The van der Waals surface area contributed by atoms with Gasteiger partial charge in [-0.15, -0.1) is 12.4 Å². The topological polar surface area (TPSA) is 86.5 Å². The minimum atomic E-state index is -0.199. The molecule has 2 aliphatic heterocycles. The van der Waals surface area contributed by atoms with Crippen LogP contribution in [-0.4, -0.2) is 67.2 Å². The number of nitrogens with two attached hydrogens (primary N) is 1. The number of piperidine rings is 1. The number of anilines is 1. The molecule has 166 valence electrons. The zero-order valence-corrected chi connectivity index (χ0v) is 19.0. The van der Waals surface area contributed by atoms with Crippen LogP contribution in [0.4, 0.5) is 5.82 Å². The van der Waals surface area contributed by atoms with Crippen LogP contribution in [0.3, 0.4) is 0 Å². The normalized spacial score (nSPS) is 22.6. The standard InChI is InChI=1S/C21H32N6OS.ClH/c22-19-17(7-5-10-23-19)21(28)24-9-3-4-11-26-12-14-27(15-13-26)20-16-6-1-2-8-18(16)29-25-20;/h1-2,6,8,17,19,23H,3-5,7,9-15,22H2,(H,24,28);1H. The minimum absolute atomic E-state index is 0. The zero-order valence-electron chi connectivity index (χ0n) is 17.4. The van der Waals surface area contributed by atoms with Crippen molar-refractivity contribution in [2.24, 2.45) is 11.7 Å². The Kier molecular flexibility index (Phi) is 8.71. The molecule has 3 heterocycles. The van der Waals surface area contributed by atoms with Gasteiger partial charge in [0.2, 0.25) is 5.91 Å². The van der Waals surface area contributed by atoms with E-state index in [2.05, 4.69) is 49.1 Å². The lowest BCUT2D eigenvalue weighted by molar-refractivity contribution is -0.126. The molecule has 0 spiro atoms. The van der Waals surface area contributed by atoms with Crippen molar-refractivity contribution in [1.82, 2.24) is 19.9 Å². The summed E-state index contributed by atoms with van der Waals surface area (Å²) >= 11 is 1.59. The van der Waals surface area contributed by atoms with Crippen LogP contribution < -0.4 is 21.3 Å². The molecule has 2 aromatic rings. The van der Waals surface area contributed by atoms with Crippen molar-refractivity contribution < 1.29 is 4.79 Å². The van der Waals surface area contributed by atoms with Gasteiger partial charge in [-0.3, -0.25) is 9.69 Å². The summed E-state index contributed by atoms with van der Waals surface area (Å²) in [5.74, 6) is 1.16. The van der Waals surface area contributed by atoms with Crippen LogP contribution in [0.1, 0.15) is 25.7 Å². The average Bonchev–Trinajstić information content (AvgIpc) is 3.18. The monoisotopic (exact) mass is 452 g/mol. The number of piperazine rings is 1. The van der Waals surface area contributed by atoms with Gasteiger partial charge in [0.15, 0.2) is 0 Å². The highest BCUT2D eigenvalue weighted by Crippen LogP contribution is 2.29. The molecule has 4 N–H and O–H groups in total. The first-order chi connectivity index (χ1) is 14.2. The van der Waals surface area contributed by atoms with E-state index in [1.165, 1.54) is 10.1 Å². The first kappa shape index (κ1) is 23.2. The highest BCUT2D eigenvalue weighted by molar-refractivity contribution is 7.13. The molecule has 4 rings (SSSR count). The maximum absolute atomic E-state index is 12.3. The number of unbranched alkanes of at least 4 members (excludes halogenated alkanes) is 1. The van der Waals surface area contributed by atoms with Crippen molar-refractivity contribution in [3.8, 4) is 0 Å². The number of nitrogens with zero attached hydrogens (tertiary/aromatic N) is 3. The van der Waals surface area contributed by atoms with Crippen LogP contribution in [0.25, 0.3) is 10.1 Å². The lowest BCUT2D eigenvalue weighted by atomic mass is 9.95. The maximum Gasteiger partial charge on any atom is 0.226 e. The Morgan fingerprint density at radius 2 is 2.03 bits per heavy atom. The Labute approximate surface area is 188 Å². The Morgan fingerprint density at radius 3 is 2.83 bits per heavy atom. The molecule has 2 unspecified atom stereocenters. The number of fused-ring (bicyclic) bond motifs is 1. The van der Waals surface area contributed by atoms with E-state index in [4.69, 9.17) is 5.73 Å². The maximum atomic E-state index is 12.3. The number of aromatic nitrogens is 1. The highest BCUT2D eigenvalue weighted by Gasteiger charge is 2.27. The van der Waals surface area contributed by atoms with Crippen molar-refractivity contribution in [3.05, 3.63) is 24.3 Å². The summed E-state index contributed by atoms with van der Waals surface area (Å²) in [6.45, 7) is 6.94. The van der Waals surface area contributed by atoms with E-state index in [0.29, 0.717) is 0 Å². The van der Waals surface area contributed by atoms with Crippen molar-refractivity contribution >= 4 is 45.8 Å². The van der Waals surface area contributed by atoms with Gasteiger partial charge >= 0.3 is 0 Å². The molecule has 0 bridgehead atoms. The van der Waals surface area contributed by atoms with Crippen LogP contribution in [0, 0.1) is 5.92 Å². The lowest BCUT2D eigenvalue weighted by Crippen LogP contribution is -2.53. The van der Waals surface area contributed by atoms with Gasteiger partial charge in [-0.1, -0.05) is 12.1 Å². The number of nitrogens with one attached hydrogen (secondary N) is 2. The predicted molar refractivity (Wildman–Crippen MR) is 126 cm³/mol. The second-order valence-corrected chi connectivity index (χ2v) is 8.86. The molecular formula is C21H33ClN6OS. The smallest absolute Gasteiger partial charge is 0.226 e. The van der Waals surface area contributed by atoms with Crippen molar-refractivity contribution in [3.63, 3.8) is 0 Å². The van der Waals surface area contributed by atoms with Crippen molar-refractivity contribution in [1.29, 1.82) is 0 Å². The third-order valence-corrected chi connectivity index (χ3v) is 6.89. The van der Waals surface area contributed by atoms with Gasteiger partial charge in [-0.05, 0) is 62.4 Å². The summed E-state index contributed by atoms with van der Waals surface area (Å²) in [4.78, 5) is 17.2. The minimum Gasteiger partial charge on any atom is -0.356 e. The highest BCUT2D eigenvalue weighted by atomic mass is 35.5. The second-order valence-electron chi connectivity index (χ2n) is 8.06. The molecule has 2 aliphatic rings. The number of hydrogen-bond donors (Lipinski definition) is 3. The van der Waals surface area contributed by atoms with Gasteiger partial charge in [0.05, 0.1) is 16.8 Å². The van der Waals surface area contributed by atoms with Gasteiger partial charge in [-0.2, -0.15) is 4.37 Å². The second kappa shape index (κ2) is 11.2. The number of carbonyl (C=O) groups excluding carboxylic acids is 1. The number of rotatable bonds is 7. The van der Waals surface area contributed by atoms with Gasteiger partial charge in [0, 0.05) is 38.1 Å². The Balaban J connectivity index is 0.00000256. The molecule has 1 aromatic heterocycles. The van der Waals surface area contributed by atoms with Crippen LogP contribution in [-0.2, 0) is 4.79 Å². The third-order valence-electron chi connectivity index (χ3n) is 6.07. The molecule has 30 heavy (non-hydrogen) atoms. The van der Waals surface area contributed by atoms with Crippen molar-refractivity contribution in [2.75, 3.05) is 50.7 Å². The molecule has 1 amide bonds. The summed E-state index contributed by atoms with van der Waals surface area (Å²) in [6.07, 6.45) is 3.83.